The van der Waals surface area contributed by atoms with Gasteiger partial charge in [0.15, 0.2) is 0 Å². The highest BCUT2D eigenvalue weighted by Crippen LogP contribution is 2.44. The molecule has 0 unspecified atom stereocenters. The maximum atomic E-state index is 11.4. The number of carbonyl (C=O) groups is 1. The molecule has 3 heteroatoms. The van der Waals surface area contributed by atoms with E-state index in [1.165, 1.54) is 23.5 Å². The molecule has 3 rings (SSSR count). The second-order valence-electron chi connectivity index (χ2n) is 5.52. The van der Waals surface area contributed by atoms with E-state index in [2.05, 4.69) is 12.1 Å². The maximum Gasteiger partial charge on any atom is 0.314 e. The molecule has 2 nitrogen and oxygen atoms in total. The average molecular weight is 262 g/mol. The van der Waals surface area contributed by atoms with Crippen LogP contribution in [-0.2, 0) is 10.2 Å². The van der Waals surface area contributed by atoms with Crippen LogP contribution in [0.5, 0.6) is 0 Å². The van der Waals surface area contributed by atoms with Crippen molar-refractivity contribution < 1.29 is 9.90 Å². The lowest BCUT2D eigenvalue weighted by Crippen LogP contribution is -2.42. The van der Waals surface area contributed by atoms with Crippen molar-refractivity contribution in [3.05, 3.63) is 29.8 Å². The summed E-state index contributed by atoms with van der Waals surface area (Å²) in [5.74, 6) is 1.47. The van der Waals surface area contributed by atoms with E-state index in [0.29, 0.717) is 0 Å². The fourth-order valence-electron chi connectivity index (χ4n) is 2.53. The Labute approximate surface area is 112 Å². The van der Waals surface area contributed by atoms with Crippen LogP contribution in [-0.4, -0.2) is 16.8 Å². The molecule has 1 aromatic rings. The largest absolute Gasteiger partial charge is 0.481 e. The number of thioether (sulfide) groups is 1. The third-order valence-corrected chi connectivity index (χ3v) is 5.45. The Balaban J connectivity index is 1.71. The summed E-state index contributed by atoms with van der Waals surface area (Å²) in [4.78, 5) is 12.7. The molecule has 1 N–H and O–H groups in total. The molecule has 0 aromatic heterocycles. The van der Waals surface area contributed by atoms with Gasteiger partial charge >= 0.3 is 5.97 Å². The summed E-state index contributed by atoms with van der Waals surface area (Å²) >= 11 is 1.90. The summed E-state index contributed by atoms with van der Waals surface area (Å²) in [5, 5.41) is 9.39. The quantitative estimate of drug-likeness (QED) is 0.822. The van der Waals surface area contributed by atoms with E-state index in [4.69, 9.17) is 0 Å². The van der Waals surface area contributed by atoms with E-state index in [-0.39, 0.29) is 0 Å². The highest BCUT2D eigenvalue weighted by atomic mass is 32.2. The van der Waals surface area contributed by atoms with Gasteiger partial charge in [0.25, 0.3) is 0 Å². The van der Waals surface area contributed by atoms with Gasteiger partial charge in [-0.15, -0.1) is 11.8 Å². The molecule has 2 aliphatic rings. The molecule has 0 saturated heterocycles. The second kappa shape index (κ2) is 4.61. The first-order valence-corrected chi connectivity index (χ1v) is 7.66. The van der Waals surface area contributed by atoms with Crippen molar-refractivity contribution in [3.63, 3.8) is 0 Å². The fraction of sp³-hybridized carbons (Fsp3) is 0.533. The van der Waals surface area contributed by atoms with Crippen LogP contribution < -0.4 is 0 Å². The van der Waals surface area contributed by atoms with Crippen molar-refractivity contribution in [1.82, 2.24) is 0 Å². The Morgan fingerprint density at radius 2 is 1.94 bits per heavy atom. The van der Waals surface area contributed by atoms with Crippen LogP contribution in [0.4, 0.5) is 0 Å². The van der Waals surface area contributed by atoms with E-state index in [9.17, 15) is 9.90 Å². The number of carboxylic acids is 1. The molecule has 96 valence electrons. The van der Waals surface area contributed by atoms with Gasteiger partial charge in [0.1, 0.15) is 0 Å². The van der Waals surface area contributed by atoms with Crippen LogP contribution in [0.2, 0.25) is 0 Å². The Morgan fingerprint density at radius 3 is 2.39 bits per heavy atom. The molecular formula is C15H18O2S. The van der Waals surface area contributed by atoms with Crippen molar-refractivity contribution in [3.8, 4) is 0 Å². The molecular weight excluding hydrogens is 244 g/mol. The van der Waals surface area contributed by atoms with Crippen molar-refractivity contribution in [2.24, 2.45) is 5.92 Å². The third kappa shape index (κ3) is 2.16. The van der Waals surface area contributed by atoms with Crippen LogP contribution in [0.25, 0.3) is 0 Å². The Bertz CT molecular complexity index is 444. The van der Waals surface area contributed by atoms with Gasteiger partial charge < -0.3 is 5.11 Å². The fourth-order valence-corrected chi connectivity index (χ4v) is 3.62. The summed E-state index contributed by atoms with van der Waals surface area (Å²) in [7, 11) is 0. The second-order valence-corrected chi connectivity index (χ2v) is 6.61. The molecule has 0 aliphatic heterocycles. The van der Waals surface area contributed by atoms with Crippen LogP contribution in [0.1, 0.15) is 37.7 Å². The molecule has 0 radical (unpaired) electrons. The smallest absolute Gasteiger partial charge is 0.314 e. The van der Waals surface area contributed by atoms with E-state index in [0.717, 1.165) is 30.7 Å². The van der Waals surface area contributed by atoms with Crippen LogP contribution in [0.3, 0.4) is 0 Å². The molecule has 0 amide bonds. The van der Waals surface area contributed by atoms with Crippen molar-refractivity contribution in [1.29, 1.82) is 0 Å². The zero-order chi connectivity index (χ0) is 12.6. The van der Waals surface area contributed by atoms with Gasteiger partial charge in [-0.2, -0.15) is 0 Å². The standard InChI is InChI=1S/C15H18O2S/c16-14(17)15(8-1-9-15)12-4-6-13(7-5-12)18-10-11-2-3-11/h4-7,11H,1-3,8-10H2,(H,16,17). The Hall–Kier alpha value is -0.960. The maximum absolute atomic E-state index is 11.4. The zero-order valence-electron chi connectivity index (χ0n) is 10.4. The van der Waals surface area contributed by atoms with Crippen molar-refractivity contribution in [2.75, 3.05) is 5.75 Å². The SMILES string of the molecule is O=C(O)C1(c2ccc(SCC3CC3)cc2)CCC1. The number of carboxylic acid groups (broad SMARTS) is 1. The van der Waals surface area contributed by atoms with E-state index in [1.807, 2.05) is 23.9 Å². The van der Waals surface area contributed by atoms with Gasteiger partial charge in [0.2, 0.25) is 0 Å². The highest BCUT2D eigenvalue weighted by Gasteiger charge is 2.45. The average Bonchev–Trinajstić information content (AvgIpc) is 3.10. The number of aliphatic carboxylic acids is 1. The van der Waals surface area contributed by atoms with Crippen molar-refractivity contribution >= 4 is 17.7 Å². The monoisotopic (exact) mass is 262 g/mol. The Kier molecular flexibility index (Phi) is 3.10. The van der Waals surface area contributed by atoms with Crippen LogP contribution >= 0.6 is 11.8 Å². The topological polar surface area (TPSA) is 37.3 Å². The molecule has 0 heterocycles. The van der Waals surface area contributed by atoms with E-state index in [1.54, 1.807) is 0 Å². The minimum absolute atomic E-state index is 0.584. The Morgan fingerprint density at radius 1 is 1.28 bits per heavy atom. The number of hydrogen-bond donors (Lipinski definition) is 1. The van der Waals surface area contributed by atoms with Gasteiger partial charge in [-0.1, -0.05) is 18.6 Å². The summed E-state index contributed by atoms with van der Waals surface area (Å²) in [6, 6.07) is 8.21. The summed E-state index contributed by atoms with van der Waals surface area (Å²) in [6.45, 7) is 0. The van der Waals surface area contributed by atoms with Gasteiger partial charge in [0, 0.05) is 10.6 Å². The molecule has 18 heavy (non-hydrogen) atoms. The van der Waals surface area contributed by atoms with Gasteiger partial charge in [-0.05, 0) is 49.3 Å². The molecule has 0 bridgehead atoms. The lowest BCUT2D eigenvalue weighted by atomic mass is 9.64. The number of hydrogen-bond acceptors (Lipinski definition) is 2. The summed E-state index contributed by atoms with van der Waals surface area (Å²) in [6.07, 6.45) is 5.37. The summed E-state index contributed by atoms with van der Waals surface area (Å²) < 4.78 is 0. The van der Waals surface area contributed by atoms with Crippen LogP contribution in [0, 0.1) is 5.92 Å². The zero-order valence-corrected chi connectivity index (χ0v) is 11.2. The van der Waals surface area contributed by atoms with Crippen molar-refractivity contribution in [2.45, 2.75) is 42.4 Å². The molecule has 2 fully saturated rings. The third-order valence-electron chi connectivity index (χ3n) is 4.21. The summed E-state index contributed by atoms with van der Waals surface area (Å²) in [5.41, 5.74) is 0.400. The van der Waals surface area contributed by atoms with E-state index < -0.39 is 11.4 Å². The number of rotatable bonds is 5. The molecule has 1 aromatic carbocycles. The lowest BCUT2D eigenvalue weighted by molar-refractivity contribution is -0.147. The minimum Gasteiger partial charge on any atom is -0.481 e. The molecule has 2 saturated carbocycles. The van der Waals surface area contributed by atoms with Gasteiger partial charge in [-0.25, -0.2) is 0 Å². The first kappa shape index (κ1) is 12.1. The van der Waals surface area contributed by atoms with Gasteiger partial charge in [-0.3, -0.25) is 4.79 Å². The van der Waals surface area contributed by atoms with Gasteiger partial charge in [0.05, 0.1) is 5.41 Å². The van der Waals surface area contributed by atoms with Crippen LogP contribution in [0.15, 0.2) is 29.2 Å². The lowest BCUT2D eigenvalue weighted by Gasteiger charge is -2.38. The molecule has 0 atom stereocenters. The first-order chi connectivity index (χ1) is 8.71. The minimum atomic E-state index is -0.660. The van der Waals surface area contributed by atoms with E-state index >= 15 is 0 Å². The first-order valence-electron chi connectivity index (χ1n) is 6.67. The normalized spacial score (nSPS) is 21.3. The highest BCUT2D eigenvalue weighted by molar-refractivity contribution is 7.99. The predicted octanol–water partition coefficient (Wildman–Crippen LogP) is 3.70. The molecule has 2 aliphatic carbocycles. The molecule has 0 spiro atoms. The number of benzene rings is 1. The predicted molar refractivity (Wildman–Crippen MR) is 73.1 cm³/mol.